The molecule has 2 aliphatic rings. The van der Waals surface area contributed by atoms with Gasteiger partial charge in [-0.15, -0.1) is 0 Å². The average molecular weight is 1890 g/mol. The van der Waals surface area contributed by atoms with E-state index in [0.717, 1.165) is 47.9 Å². The van der Waals surface area contributed by atoms with Gasteiger partial charge in [-0.05, 0) is 137 Å². The molecule has 4 amide bonds. The Balaban J connectivity index is 0.000000356. The molecule has 0 saturated heterocycles. The highest BCUT2D eigenvalue weighted by Gasteiger charge is 2.37. The fraction of sp³-hybridized carbons (Fsp3) is 0.568. The highest BCUT2D eigenvalue weighted by Crippen LogP contribution is 2.43. The first kappa shape index (κ1) is 107. The number of benzene rings is 2. The molecule has 0 radical (unpaired) electrons. The van der Waals surface area contributed by atoms with Crippen molar-refractivity contribution in [2.24, 2.45) is 23.7 Å². The fourth-order valence-electron chi connectivity index (χ4n) is 13.5. The zero-order valence-corrected chi connectivity index (χ0v) is 76.7. The molecule has 0 spiro atoms. The number of aromatic amines is 4. The van der Waals surface area contributed by atoms with Crippen molar-refractivity contribution in [3.63, 3.8) is 0 Å². The van der Waals surface area contributed by atoms with Crippen LogP contribution in [0.1, 0.15) is 173 Å². The van der Waals surface area contributed by atoms with Crippen molar-refractivity contribution in [2.45, 2.75) is 189 Å². The molecule has 2 fully saturated rings. The van der Waals surface area contributed by atoms with Crippen LogP contribution in [0.4, 0.5) is 11.9 Å². The number of carboxylic acid groups (broad SMARTS) is 4. The Hall–Kier alpha value is -10.5. The molecule has 4 aromatic heterocycles. The standard InChI is InChI=1S/2C44H60N6O13S2/c1-3-28(42(58)59)24-64-34-11-12-35(34)65-25-31(22-32(52)15-18-61-17-14-26(2)51)39(55)46-16-19-62-20-21-63-43(60)33(10-13-36(53)54)48-40(56)29-7-4-27(5-8-29)6-9-30-23-47-38-37(30)41(57)50-44(45)49-38;1-3-28(24-64-34-11-12-35(34)65-25-31(42(58)59)22-32(52)15-18-61-17-14-26(2)51)39(55)46-16-19-62-20-21-63-43(60)33(10-13-36(53)54)48-40(56)29-7-4-27(5-8-29)6-9-30-23-47-38-37(30)41(57)50-44(45)49-38/h2*4-5,7-8,23,28,31,33-35H,3,6,9-22,24-25H2,1-2H3,(H,46,55)(H,48,56)(H,53,54)(H,58,59)(H4,45,47,49,50,57)/t2*28?,31?,33-,34?,35?/m11/s1. The van der Waals surface area contributed by atoms with Crippen molar-refractivity contribution in [3.8, 4) is 0 Å². The zero-order valence-electron chi connectivity index (χ0n) is 73.5. The molecule has 8 rings (SSSR count). The summed E-state index contributed by atoms with van der Waals surface area (Å²) >= 11 is 6.52. The quantitative estimate of drug-likeness (QED) is 0.0140. The molecule has 0 aliphatic heterocycles. The number of esters is 2. The summed E-state index contributed by atoms with van der Waals surface area (Å²) in [7, 11) is 0. The van der Waals surface area contributed by atoms with Crippen LogP contribution in [0.5, 0.6) is 0 Å². The third kappa shape index (κ3) is 37.8. The number of aromatic nitrogens is 6. The summed E-state index contributed by atoms with van der Waals surface area (Å²) in [6.07, 6.45) is 9.98. The first-order valence-corrected chi connectivity index (χ1v) is 47.6. The van der Waals surface area contributed by atoms with Crippen molar-refractivity contribution in [3.05, 3.63) is 115 Å². The third-order valence-corrected chi connectivity index (χ3v) is 28.3. The summed E-state index contributed by atoms with van der Waals surface area (Å²) in [4.78, 5) is 216. The van der Waals surface area contributed by atoms with Gasteiger partial charge in [0.15, 0.2) is 0 Å². The lowest BCUT2D eigenvalue weighted by atomic mass is 9.99. The molecule has 4 heterocycles. The van der Waals surface area contributed by atoms with E-state index in [1.54, 1.807) is 108 Å². The lowest BCUT2D eigenvalue weighted by Gasteiger charge is -2.36. The van der Waals surface area contributed by atoms with Crippen LogP contribution in [0, 0.1) is 23.7 Å². The maximum atomic E-state index is 13.3. The number of hydrogen-bond donors (Lipinski definition) is 14. The van der Waals surface area contributed by atoms with Gasteiger partial charge in [-0.2, -0.15) is 57.0 Å². The van der Waals surface area contributed by atoms with E-state index in [2.05, 4.69) is 51.2 Å². The number of ether oxygens (including phenoxy) is 6. The Morgan fingerprint density at radius 3 is 1.17 bits per heavy atom. The monoisotopic (exact) mass is 1890 g/mol. The van der Waals surface area contributed by atoms with E-state index >= 15 is 0 Å². The summed E-state index contributed by atoms with van der Waals surface area (Å²) < 4.78 is 32.4. The molecule has 42 heteroatoms. The molecule has 8 unspecified atom stereocenters. The summed E-state index contributed by atoms with van der Waals surface area (Å²) in [5, 5.41) is 50.3. The smallest absolute Gasteiger partial charge is 0.328 e. The van der Waals surface area contributed by atoms with Crippen LogP contribution in [0.2, 0.25) is 0 Å². The van der Waals surface area contributed by atoms with Crippen molar-refractivity contribution in [1.29, 1.82) is 0 Å². The Morgan fingerprint density at radius 1 is 0.446 bits per heavy atom. The molecule has 2 aliphatic carbocycles. The summed E-state index contributed by atoms with van der Waals surface area (Å²) in [6, 6.07) is 10.8. The van der Waals surface area contributed by atoms with Crippen LogP contribution < -0.4 is 43.9 Å². The molecule has 6 aromatic rings. The predicted octanol–water partition coefficient (Wildman–Crippen LogP) is 6.65. The van der Waals surface area contributed by atoms with Crippen LogP contribution in [-0.2, 0) is 112 Å². The van der Waals surface area contributed by atoms with Gasteiger partial charge in [-0.25, -0.2) is 9.59 Å². The SMILES string of the molecule is CCC(CSC1CCC1SCC(CC(=O)CCOCCC(C)=O)C(=O)NCCOCCOC(=O)[C@@H](CCC(=O)O)NC(=O)c1ccc(CCc2c[nH]c3nc(N)[nH]c(=O)c23)cc1)C(=O)O.CCC(CSC1CCC1SCC(CC(=O)CCOCCC(C)=O)C(=O)O)C(=O)NCCOCCOC(=O)[C@@H](CCC(=O)O)NC(=O)c1ccc(CCc2c[nH]c3nc(N)[nH]c(=O)c23)cc1. The van der Waals surface area contributed by atoms with E-state index in [1.807, 2.05) is 13.8 Å². The number of nitrogen functional groups attached to an aromatic ring is 2. The Morgan fingerprint density at radius 2 is 0.800 bits per heavy atom. The number of carbonyl (C=O) groups excluding carboxylic acids is 10. The number of aryl methyl sites for hydroxylation is 4. The van der Waals surface area contributed by atoms with Gasteiger partial charge < -0.3 is 91.5 Å². The summed E-state index contributed by atoms with van der Waals surface area (Å²) in [6.45, 7) is 7.60. The van der Waals surface area contributed by atoms with E-state index in [-0.39, 0.29) is 233 Å². The number of nitrogens with two attached hydrogens (primary N) is 2. The number of carboxylic acids is 4. The van der Waals surface area contributed by atoms with Crippen LogP contribution in [0.25, 0.3) is 22.1 Å². The second-order valence-electron chi connectivity index (χ2n) is 31.5. The number of amides is 4. The van der Waals surface area contributed by atoms with E-state index < -0.39 is 83.9 Å². The van der Waals surface area contributed by atoms with Crippen LogP contribution in [0.3, 0.4) is 0 Å². The van der Waals surface area contributed by atoms with Crippen LogP contribution in [0.15, 0.2) is 70.5 Å². The molecule has 2 saturated carbocycles. The van der Waals surface area contributed by atoms with Gasteiger partial charge in [0.05, 0.1) is 81.4 Å². The minimum absolute atomic E-state index is 0.00112. The minimum atomic E-state index is -1.25. The largest absolute Gasteiger partial charge is 0.481 e. The molecular weight excluding hydrogens is 1770 g/mol. The number of nitrogens with zero attached hydrogens (tertiary/aromatic N) is 2. The summed E-state index contributed by atoms with van der Waals surface area (Å²) in [5.41, 5.74) is 15.1. The van der Waals surface area contributed by atoms with E-state index in [9.17, 15) is 97.1 Å². The number of anilines is 2. The summed E-state index contributed by atoms with van der Waals surface area (Å²) in [5.74, 6) is -7.97. The Kier molecular flexibility index (Phi) is 46.7. The molecule has 38 nitrogen and oxygen atoms in total. The molecule has 2 aromatic carbocycles. The van der Waals surface area contributed by atoms with Gasteiger partial charge in [0, 0.05) is 138 Å². The first-order chi connectivity index (χ1) is 62.3. The van der Waals surface area contributed by atoms with Gasteiger partial charge in [-0.3, -0.25) is 77.1 Å². The maximum Gasteiger partial charge on any atom is 0.328 e. The number of rotatable bonds is 64. The van der Waals surface area contributed by atoms with Gasteiger partial charge in [0.1, 0.15) is 59.7 Å². The second kappa shape index (κ2) is 56.9. The van der Waals surface area contributed by atoms with Gasteiger partial charge in [-0.1, -0.05) is 38.1 Å². The number of H-pyrrole nitrogens is 4. The minimum Gasteiger partial charge on any atom is -0.481 e. The normalized spacial score (nSPS) is 15.9. The van der Waals surface area contributed by atoms with Crippen molar-refractivity contribution in [2.75, 3.05) is 114 Å². The third-order valence-electron chi connectivity index (χ3n) is 21.6. The molecule has 16 N–H and O–H groups in total. The van der Waals surface area contributed by atoms with Crippen LogP contribution >= 0.6 is 47.0 Å². The Labute approximate surface area is 767 Å². The van der Waals surface area contributed by atoms with Crippen molar-refractivity contribution < 1.29 is 116 Å². The number of aliphatic carboxylic acids is 4. The number of Topliss-reactive ketones (excluding diaryl/α,β-unsaturated/α-hetero) is 4. The number of hydrogen-bond acceptors (Lipinski definition) is 30. The molecule has 0 bridgehead atoms. The van der Waals surface area contributed by atoms with E-state index in [0.29, 0.717) is 83.6 Å². The number of thioether (sulfide) groups is 4. The van der Waals surface area contributed by atoms with Gasteiger partial charge >= 0.3 is 35.8 Å². The average Bonchev–Trinajstić information content (AvgIpc) is 1.66. The molecule has 130 heavy (non-hydrogen) atoms. The molecule has 712 valence electrons. The van der Waals surface area contributed by atoms with Gasteiger partial charge in [0.25, 0.3) is 22.9 Å². The van der Waals surface area contributed by atoms with Crippen molar-refractivity contribution >= 4 is 164 Å². The first-order valence-electron chi connectivity index (χ1n) is 43.4. The zero-order chi connectivity index (χ0) is 94.6. The molecule has 10 atom stereocenters. The van der Waals surface area contributed by atoms with E-state index in [1.165, 1.54) is 13.8 Å². The number of carbonyl (C=O) groups is 14. The lowest BCUT2D eigenvalue weighted by Crippen LogP contribution is -2.42. The second-order valence-corrected chi connectivity index (χ2v) is 36.6. The van der Waals surface area contributed by atoms with Gasteiger partial charge in [0.2, 0.25) is 23.7 Å². The lowest BCUT2D eigenvalue weighted by molar-refractivity contribution is -0.149. The number of fused-ring (bicyclic) bond motifs is 2. The highest BCUT2D eigenvalue weighted by molar-refractivity contribution is 8.04. The maximum absolute atomic E-state index is 13.3. The molecular formula is C88H120N12O26S4. The Bertz CT molecular complexity index is 4890. The predicted molar refractivity (Wildman–Crippen MR) is 490 cm³/mol. The van der Waals surface area contributed by atoms with E-state index in [4.69, 9.17) is 39.9 Å². The number of nitrogens with one attached hydrogen (secondary N) is 8. The van der Waals surface area contributed by atoms with Crippen molar-refractivity contribution in [1.82, 2.24) is 51.2 Å². The fourth-order valence-corrected chi connectivity index (χ4v) is 20.3. The highest BCUT2D eigenvalue weighted by atomic mass is 32.2. The topological polar surface area (TPSA) is 599 Å². The number of ketones is 4. The van der Waals surface area contributed by atoms with Crippen LogP contribution in [-0.4, -0.2) is 268 Å².